The van der Waals surface area contributed by atoms with Gasteiger partial charge in [0.2, 0.25) is 5.95 Å². The number of aromatic amines is 1. The fourth-order valence-electron chi connectivity index (χ4n) is 2.95. The molecule has 6 nitrogen and oxygen atoms in total. The molecule has 3 N–H and O–H groups in total. The maximum atomic E-state index is 5.77. The lowest BCUT2D eigenvalue weighted by Gasteiger charge is -2.31. The second-order valence-electron chi connectivity index (χ2n) is 5.57. The Kier molecular flexibility index (Phi) is 3.98. The van der Waals surface area contributed by atoms with E-state index < -0.39 is 0 Å². The SMILES string of the molecule is NCC1CCCN(c2n[nH]c(C3CCCCO3)n2)C1. The van der Waals surface area contributed by atoms with Gasteiger partial charge in [-0.1, -0.05) is 0 Å². The number of hydrogen-bond donors (Lipinski definition) is 2. The first-order valence-corrected chi connectivity index (χ1v) is 7.35. The van der Waals surface area contributed by atoms with Crippen LogP contribution in [0.1, 0.15) is 44.0 Å². The van der Waals surface area contributed by atoms with Gasteiger partial charge in [-0.05, 0) is 44.6 Å². The molecule has 0 radical (unpaired) electrons. The molecule has 0 aliphatic carbocycles. The highest BCUT2D eigenvalue weighted by Crippen LogP contribution is 2.27. The highest BCUT2D eigenvalue weighted by molar-refractivity contribution is 5.29. The third-order valence-corrected chi connectivity index (χ3v) is 4.11. The summed E-state index contributed by atoms with van der Waals surface area (Å²) in [5.41, 5.74) is 5.77. The van der Waals surface area contributed by atoms with Gasteiger partial charge in [-0.15, -0.1) is 5.10 Å². The molecule has 2 aliphatic heterocycles. The lowest BCUT2D eigenvalue weighted by atomic mass is 9.99. The second-order valence-corrected chi connectivity index (χ2v) is 5.57. The zero-order chi connectivity index (χ0) is 13.1. The van der Waals surface area contributed by atoms with Crippen molar-refractivity contribution in [3.63, 3.8) is 0 Å². The van der Waals surface area contributed by atoms with Crippen LogP contribution in [0.5, 0.6) is 0 Å². The summed E-state index contributed by atoms with van der Waals surface area (Å²) in [6.07, 6.45) is 5.90. The van der Waals surface area contributed by atoms with Crippen molar-refractivity contribution in [2.45, 2.75) is 38.2 Å². The number of nitrogens with one attached hydrogen (secondary N) is 1. The van der Waals surface area contributed by atoms with E-state index in [1.807, 2.05) is 0 Å². The summed E-state index contributed by atoms with van der Waals surface area (Å²) in [4.78, 5) is 6.86. The van der Waals surface area contributed by atoms with Gasteiger partial charge in [0.25, 0.3) is 0 Å². The van der Waals surface area contributed by atoms with Crippen molar-refractivity contribution in [2.24, 2.45) is 11.7 Å². The van der Waals surface area contributed by atoms with E-state index in [4.69, 9.17) is 10.5 Å². The molecule has 0 amide bonds. The lowest BCUT2D eigenvalue weighted by Crippen LogP contribution is -2.39. The van der Waals surface area contributed by atoms with Crippen LogP contribution in [0.3, 0.4) is 0 Å². The molecule has 106 valence electrons. The fraction of sp³-hybridized carbons (Fsp3) is 0.846. The fourth-order valence-corrected chi connectivity index (χ4v) is 2.95. The number of aromatic nitrogens is 3. The standard InChI is InChI=1S/C13H23N5O/c14-8-10-4-3-6-18(9-10)13-15-12(16-17-13)11-5-1-2-7-19-11/h10-11H,1-9,14H2,(H,15,16,17). The Hall–Kier alpha value is -1.14. The van der Waals surface area contributed by atoms with Crippen LogP contribution in [0, 0.1) is 5.92 Å². The number of piperidine rings is 1. The summed E-state index contributed by atoms with van der Waals surface area (Å²) in [6, 6.07) is 0. The molecule has 2 unspecified atom stereocenters. The van der Waals surface area contributed by atoms with Gasteiger partial charge in [-0.3, -0.25) is 5.10 Å². The van der Waals surface area contributed by atoms with Crippen molar-refractivity contribution in [3.8, 4) is 0 Å². The minimum absolute atomic E-state index is 0.102. The molecule has 19 heavy (non-hydrogen) atoms. The minimum atomic E-state index is 0.102. The number of hydrogen-bond acceptors (Lipinski definition) is 5. The van der Waals surface area contributed by atoms with E-state index in [2.05, 4.69) is 20.1 Å². The molecule has 0 bridgehead atoms. The van der Waals surface area contributed by atoms with Crippen LogP contribution in [-0.2, 0) is 4.74 Å². The van der Waals surface area contributed by atoms with Crippen LogP contribution in [0.4, 0.5) is 5.95 Å². The van der Waals surface area contributed by atoms with Gasteiger partial charge in [0.05, 0.1) is 0 Å². The molecule has 3 rings (SSSR count). The van der Waals surface area contributed by atoms with E-state index in [9.17, 15) is 0 Å². The van der Waals surface area contributed by atoms with Crippen LogP contribution in [-0.4, -0.2) is 41.4 Å². The summed E-state index contributed by atoms with van der Waals surface area (Å²) in [5.74, 6) is 2.26. The molecule has 2 atom stereocenters. The van der Waals surface area contributed by atoms with Crippen LogP contribution < -0.4 is 10.6 Å². The number of nitrogens with zero attached hydrogens (tertiary/aromatic N) is 3. The minimum Gasteiger partial charge on any atom is -0.370 e. The number of rotatable bonds is 3. The Morgan fingerprint density at radius 2 is 2.26 bits per heavy atom. The van der Waals surface area contributed by atoms with Crippen LogP contribution in [0.15, 0.2) is 0 Å². The van der Waals surface area contributed by atoms with Crippen molar-refractivity contribution < 1.29 is 4.74 Å². The third-order valence-electron chi connectivity index (χ3n) is 4.11. The largest absolute Gasteiger partial charge is 0.370 e. The summed E-state index contributed by atoms with van der Waals surface area (Å²) >= 11 is 0. The first-order chi connectivity index (χ1) is 9.36. The normalized spacial score (nSPS) is 28.6. The highest BCUT2D eigenvalue weighted by Gasteiger charge is 2.24. The molecule has 0 aromatic carbocycles. The smallest absolute Gasteiger partial charge is 0.244 e. The lowest BCUT2D eigenvalue weighted by molar-refractivity contribution is 0.00968. The Balaban J connectivity index is 1.66. The Bertz CT molecular complexity index is 401. The first kappa shape index (κ1) is 12.9. The topological polar surface area (TPSA) is 80.1 Å². The first-order valence-electron chi connectivity index (χ1n) is 7.35. The molecule has 1 aromatic rings. The van der Waals surface area contributed by atoms with Crippen molar-refractivity contribution in [1.29, 1.82) is 0 Å². The van der Waals surface area contributed by atoms with E-state index in [0.29, 0.717) is 5.92 Å². The van der Waals surface area contributed by atoms with E-state index in [1.165, 1.54) is 19.3 Å². The van der Waals surface area contributed by atoms with Gasteiger partial charge < -0.3 is 15.4 Å². The molecule has 3 heterocycles. The van der Waals surface area contributed by atoms with Crippen LogP contribution >= 0.6 is 0 Å². The molecular weight excluding hydrogens is 242 g/mol. The molecule has 6 heteroatoms. The van der Waals surface area contributed by atoms with E-state index >= 15 is 0 Å². The van der Waals surface area contributed by atoms with Gasteiger partial charge >= 0.3 is 0 Å². The van der Waals surface area contributed by atoms with Crippen molar-refractivity contribution in [2.75, 3.05) is 31.1 Å². The zero-order valence-electron chi connectivity index (χ0n) is 11.3. The van der Waals surface area contributed by atoms with Crippen molar-refractivity contribution in [1.82, 2.24) is 15.2 Å². The maximum Gasteiger partial charge on any atom is 0.244 e. The zero-order valence-corrected chi connectivity index (χ0v) is 11.3. The Morgan fingerprint density at radius 1 is 1.32 bits per heavy atom. The molecule has 0 spiro atoms. The highest BCUT2D eigenvalue weighted by atomic mass is 16.5. The van der Waals surface area contributed by atoms with E-state index in [0.717, 1.165) is 50.9 Å². The second kappa shape index (κ2) is 5.88. The number of anilines is 1. The van der Waals surface area contributed by atoms with Crippen molar-refractivity contribution >= 4 is 5.95 Å². The summed E-state index contributed by atoms with van der Waals surface area (Å²) in [6.45, 7) is 3.58. The molecule has 1 aromatic heterocycles. The van der Waals surface area contributed by atoms with Crippen LogP contribution in [0.2, 0.25) is 0 Å². The molecule has 2 aliphatic rings. The van der Waals surface area contributed by atoms with E-state index in [1.54, 1.807) is 0 Å². The quantitative estimate of drug-likeness (QED) is 0.859. The summed E-state index contributed by atoms with van der Waals surface area (Å²) in [7, 11) is 0. The van der Waals surface area contributed by atoms with Crippen LogP contribution in [0.25, 0.3) is 0 Å². The van der Waals surface area contributed by atoms with Gasteiger partial charge in [0, 0.05) is 19.7 Å². The summed E-state index contributed by atoms with van der Waals surface area (Å²) < 4.78 is 5.73. The van der Waals surface area contributed by atoms with Gasteiger partial charge in [0.15, 0.2) is 5.82 Å². The predicted octanol–water partition coefficient (Wildman–Crippen LogP) is 1.22. The monoisotopic (exact) mass is 265 g/mol. The summed E-state index contributed by atoms with van der Waals surface area (Å²) in [5, 5.41) is 7.40. The van der Waals surface area contributed by atoms with Gasteiger partial charge in [0.1, 0.15) is 6.10 Å². The van der Waals surface area contributed by atoms with E-state index in [-0.39, 0.29) is 6.10 Å². The molecule has 0 saturated carbocycles. The molecular formula is C13H23N5O. The number of ether oxygens (including phenoxy) is 1. The number of nitrogens with two attached hydrogens (primary N) is 1. The van der Waals surface area contributed by atoms with Gasteiger partial charge in [-0.25, -0.2) is 0 Å². The van der Waals surface area contributed by atoms with Crippen molar-refractivity contribution in [3.05, 3.63) is 5.82 Å². The Labute approximate surface area is 113 Å². The number of H-pyrrole nitrogens is 1. The molecule has 2 fully saturated rings. The van der Waals surface area contributed by atoms with Gasteiger partial charge in [-0.2, -0.15) is 4.98 Å². The predicted molar refractivity (Wildman–Crippen MR) is 72.9 cm³/mol. The maximum absolute atomic E-state index is 5.77. The average Bonchev–Trinajstić information content (AvgIpc) is 2.98. The Morgan fingerprint density at radius 3 is 3.05 bits per heavy atom. The average molecular weight is 265 g/mol. The third kappa shape index (κ3) is 2.90. The molecule has 2 saturated heterocycles.